The van der Waals surface area contributed by atoms with Crippen molar-refractivity contribution >= 4 is 11.8 Å². The Balaban J connectivity index is 1.93. The summed E-state index contributed by atoms with van der Waals surface area (Å²) in [5, 5.41) is 0.830. The Morgan fingerprint density at radius 1 is 1.40 bits per heavy atom. The summed E-state index contributed by atoms with van der Waals surface area (Å²) in [6.45, 7) is 7.14. The lowest BCUT2D eigenvalue weighted by atomic mass is 9.89. The predicted molar refractivity (Wildman–Crippen MR) is 68.3 cm³/mol. The van der Waals surface area contributed by atoms with Crippen molar-refractivity contribution in [2.45, 2.75) is 50.4 Å². The minimum atomic E-state index is 0.454. The van der Waals surface area contributed by atoms with Crippen LogP contribution >= 0.6 is 11.8 Å². The first kappa shape index (κ1) is 11.7. The lowest BCUT2D eigenvalue weighted by Gasteiger charge is -2.41. The van der Waals surface area contributed by atoms with Gasteiger partial charge in [-0.1, -0.05) is 20.3 Å². The average Bonchev–Trinajstić information content (AvgIpc) is 2.65. The fourth-order valence-corrected chi connectivity index (χ4v) is 4.29. The van der Waals surface area contributed by atoms with Crippen LogP contribution in [0.25, 0.3) is 0 Å². The summed E-state index contributed by atoms with van der Waals surface area (Å²) in [5.41, 5.74) is 6.15. The van der Waals surface area contributed by atoms with E-state index >= 15 is 0 Å². The Labute approximate surface area is 98.0 Å². The number of hydrogen-bond donors (Lipinski definition) is 1. The Morgan fingerprint density at radius 3 is 2.80 bits per heavy atom. The van der Waals surface area contributed by atoms with Crippen molar-refractivity contribution < 1.29 is 0 Å². The zero-order chi connectivity index (χ0) is 10.8. The van der Waals surface area contributed by atoms with E-state index in [4.69, 9.17) is 5.73 Å². The normalized spacial score (nSPS) is 43.4. The molecule has 2 rings (SSSR count). The largest absolute Gasteiger partial charge is 0.327 e. The zero-order valence-electron chi connectivity index (χ0n) is 9.98. The lowest BCUT2D eigenvalue weighted by Crippen LogP contribution is -2.51. The molecule has 0 aromatic rings. The van der Waals surface area contributed by atoms with Crippen molar-refractivity contribution in [1.82, 2.24) is 4.90 Å². The number of nitrogens with zero attached hydrogens (tertiary/aromatic N) is 1. The van der Waals surface area contributed by atoms with E-state index in [1.807, 2.05) is 0 Å². The van der Waals surface area contributed by atoms with Gasteiger partial charge in [0.15, 0.2) is 0 Å². The first-order valence-electron chi connectivity index (χ1n) is 6.33. The molecule has 2 N–H and O–H groups in total. The smallest absolute Gasteiger partial charge is 0.0220 e. The van der Waals surface area contributed by atoms with Crippen LogP contribution in [0.15, 0.2) is 0 Å². The molecule has 4 atom stereocenters. The van der Waals surface area contributed by atoms with Gasteiger partial charge in [-0.2, -0.15) is 11.8 Å². The van der Waals surface area contributed by atoms with Crippen LogP contribution < -0.4 is 5.73 Å². The van der Waals surface area contributed by atoms with Crippen LogP contribution in [0.1, 0.15) is 33.1 Å². The molecule has 0 bridgehead atoms. The second-order valence-corrected chi connectivity index (χ2v) is 6.53. The number of hydrogen-bond acceptors (Lipinski definition) is 3. The molecular formula is C12H24N2S. The van der Waals surface area contributed by atoms with Crippen LogP contribution in [-0.4, -0.2) is 41.1 Å². The summed E-state index contributed by atoms with van der Waals surface area (Å²) in [7, 11) is 0. The highest BCUT2D eigenvalue weighted by Gasteiger charge is 2.34. The minimum Gasteiger partial charge on any atom is -0.327 e. The molecule has 0 amide bonds. The van der Waals surface area contributed by atoms with E-state index in [0.717, 1.165) is 17.2 Å². The maximum atomic E-state index is 6.15. The van der Waals surface area contributed by atoms with Gasteiger partial charge < -0.3 is 5.73 Å². The molecule has 2 nitrogen and oxygen atoms in total. The minimum absolute atomic E-state index is 0.454. The third-order valence-electron chi connectivity index (χ3n) is 4.15. The molecule has 88 valence electrons. The summed E-state index contributed by atoms with van der Waals surface area (Å²) in [4.78, 5) is 2.71. The summed E-state index contributed by atoms with van der Waals surface area (Å²) < 4.78 is 0. The highest BCUT2D eigenvalue weighted by Crippen LogP contribution is 2.32. The highest BCUT2D eigenvalue weighted by molar-refractivity contribution is 8.00. The fourth-order valence-electron chi connectivity index (χ4n) is 3.01. The van der Waals surface area contributed by atoms with Crippen molar-refractivity contribution in [2.24, 2.45) is 11.7 Å². The third-order valence-corrected chi connectivity index (χ3v) is 5.47. The molecule has 0 aromatic heterocycles. The molecule has 3 heteroatoms. The Kier molecular flexibility index (Phi) is 3.97. The van der Waals surface area contributed by atoms with E-state index in [-0.39, 0.29) is 0 Å². The van der Waals surface area contributed by atoms with Crippen molar-refractivity contribution in [3.63, 3.8) is 0 Å². The maximum Gasteiger partial charge on any atom is 0.0220 e. The second-order valence-electron chi connectivity index (χ2n) is 5.05. The molecule has 0 spiro atoms. The standard InChI is InChI=1S/C12H24N2S/c1-3-10-8-14(6-4-11(10)13)12-5-7-15-9(12)2/h9-12H,3-8,13H2,1-2H3. The molecular weight excluding hydrogens is 204 g/mol. The molecule has 2 aliphatic rings. The van der Waals surface area contributed by atoms with Gasteiger partial charge in [0.1, 0.15) is 0 Å². The van der Waals surface area contributed by atoms with Gasteiger partial charge >= 0.3 is 0 Å². The molecule has 0 saturated carbocycles. The monoisotopic (exact) mass is 228 g/mol. The van der Waals surface area contributed by atoms with Gasteiger partial charge in [0, 0.05) is 23.9 Å². The van der Waals surface area contributed by atoms with Gasteiger partial charge in [0.2, 0.25) is 0 Å². The summed E-state index contributed by atoms with van der Waals surface area (Å²) >= 11 is 2.14. The average molecular weight is 228 g/mol. The molecule has 2 heterocycles. The zero-order valence-corrected chi connectivity index (χ0v) is 10.8. The first-order valence-corrected chi connectivity index (χ1v) is 7.38. The van der Waals surface area contributed by atoms with Crippen molar-refractivity contribution in [3.8, 4) is 0 Å². The lowest BCUT2D eigenvalue weighted by molar-refractivity contribution is 0.108. The maximum absolute atomic E-state index is 6.15. The van der Waals surface area contributed by atoms with Gasteiger partial charge in [0.25, 0.3) is 0 Å². The Morgan fingerprint density at radius 2 is 2.20 bits per heavy atom. The quantitative estimate of drug-likeness (QED) is 0.783. The molecule has 0 aliphatic carbocycles. The van der Waals surface area contributed by atoms with Crippen LogP contribution in [0.3, 0.4) is 0 Å². The van der Waals surface area contributed by atoms with Crippen LogP contribution in [0, 0.1) is 5.92 Å². The van der Waals surface area contributed by atoms with Crippen LogP contribution in [-0.2, 0) is 0 Å². The molecule has 2 fully saturated rings. The van der Waals surface area contributed by atoms with Gasteiger partial charge in [-0.3, -0.25) is 4.90 Å². The molecule has 2 aliphatic heterocycles. The third kappa shape index (κ3) is 2.51. The van der Waals surface area contributed by atoms with Gasteiger partial charge in [-0.15, -0.1) is 0 Å². The van der Waals surface area contributed by atoms with Gasteiger partial charge in [-0.25, -0.2) is 0 Å². The summed E-state index contributed by atoms with van der Waals surface area (Å²) in [6.07, 6.45) is 3.83. The van der Waals surface area contributed by atoms with Crippen LogP contribution in [0.5, 0.6) is 0 Å². The van der Waals surface area contributed by atoms with E-state index < -0.39 is 0 Å². The predicted octanol–water partition coefficient (Wildman–Crippen LogP) is 1.94. The van der Waals surface area contributed by atoms with Gasteiger partial charge in [-0.05, 0) is 31.1 Å². The van der Waals surface area contributed by atoms with Crippen LogP contribution in [0.2, 0.25) is 0 Å². The van der Waals surface area contributed by atoms with Crippen LogP contribution in [0.4, 0.5) is 0 Å². The van der Waals surface area contributed by atoms with E-state index in [1.165, 1.54) is 38.1 Å². The molecule has 15 heavy (non-hydrogen) atoms. The van der Waals surface area contributed by atoms with E-state index in [9.17, 15) is 0 Å². The molecule has 0 radical (unpaired) electrons. The number of nitrogens with two attached hydrogens (primary N) is 1. The number of likely N-dealkylation sites (tertiary alicyclic amines) is 1. The van der Waals surface area contributed by atoms with E-state index in [2.05, 4.69) is 30.5 Å². The molecule has 4 unspecified atom stereocenters. The number of thioether (sulfide) groups is 1. The number of piperidine rings is 1. The Hall–Kier alpha value is 0.270. The fraction of sp³-hybridized carbons (Fsp3) is 1.00. The van der Waals surface area contributed by atoms with E-state index in [0.29, 0.717) is 6.04 Å². The topological polar surface area (TPSA) is 29.3 Å². The second kappa shape index (κ2) is 5.07. The molecule has 0 aromatic carbocycles. The molecule has 2 saturated heterocycles. The van der Waals surface area contributed by atoms with Gasteiger partial charge in [0.05, 0.1) is 0 Å². The number of rotatable bonds is 2. The SMILES string of the molecule is CCC1CN(C2CCSC2C)CCC1N. The van der Waals surface area contributed by atoms with E-state index in [1.54, 1.807) is 0 Å². The Bertz CT molecular complexity index is 210. The summed E-state index contributed by atoms with van der Waals surface area (Å²) in [6, 6.07) is 1.28. The summed E-state index contributed by atoms with van der Waals surface area (Å²) in [5.74, 6) is 2.09. The highest BCUT2D eigenvalue weighted by atomic mass is 32.2. The first-order chi connectivity index (χ1) is 7.22. The van der Waals surface area contributed by atoms with Crippen molar-refractivity contribution in [3.05, 3.63) is 0 Å². The van der Waals surface area contributed by atoms with Crippen molar-refractivity contribution in [1.29, 1.82) is 0 Å². The van der Waals surface area contributed by atoms with Crippen molar-refractivity contribution in [2.75, 3.05) is 18.8 Å².